The van der Waals surface area contributed by atoms with Crippen molar-refractivity contribution in [1.82, 2.24) is 10.3 Å². The Morgan fingerprint density at radius 3 is 2.67 bits per heavy atom. The minimum atomic E-state index is -4.32. The Morgan fingerprint density at radius 1 is 1.50 bits per heavy atom. The lowest BCUT2D eigenvalue weighted by Gasteiger charge is -2.29. The Balaban J connectivity index is 2.06. The van der Waals surface area contributed by atoms with Gasteiger partial charge in [0.05, 0.1) is 0 Å². The number of nitrogens with one attached hydrogen (secondary N) is 1. The number of hydrogen-bond acceptors (Lipinski definition) is 3. The molecule has 1 heterocycles. The summed E-state index contributed by atoms with van der Waals surface area (Å²) in [7, 11) is 0. The molecule has 1 atom stereocenters. The molecule has 1 unspecified atom stereocenters. The van der Waals surface area contributed by atoms with E-state index in [2.05, 4.69) is 10.3 Å². The molecule has 0 aliphatic heterocycles. The van der Waals surface area contributed by atoms with E-state index in [1.165, 1.54) is 25.5 Å². The van der Waals surface area contributed by atoms with E-state index in [0.29, 0.717) is 10.8 Å². The molecule has 1 aromatic heterocycles. The first kappa shape index (κ1) is 13.8. The van der Waals surface area contributed by atoms with E-state index in [9.17, 15) is 13.2 Å². The van der Waals surface area contributed by atoms with Crippen LogP contribution in [-0.4, -0.2) is 11.5 Å². The third-order valence-corrected chi connectivity index (χ3v) is 4.51. The number of rotatable bonds is 5. The molecule has 18 heavy (non-hydrogen) atoms. The van der Waals surface area contributed by atoms with Crippen LogP contribution >= 0.6 is 11.3 Å². The van der Waals surface area contributed by atoms with Gasteiger partial charge in [0, 0.05) is 17.1 Å². The largest absolute Gasteiger partial charge is 0.443 e. The molecular weight excluding hydrogens is 261 g/mol. The van der Waals surface area contributed by atoms with Crippen molar-refractivity contribution in [3.05, 3.63) is 16.1 Å². The lowest BCUT2D eigenvalue weighted by Crippen LogP contribution is -2.25. The summed E-state index contributed by atoms with van der Waals surface area (Å²) in [6, 6.07) is 0.0221. The quantitative estimate of drug-likeness (QED) is 0.880. The Hall–Kier alpha value is -0.620. The summed E-state index contributed by atoms with van der Waals surface area (Å²) in [5, 5.41) is 2.52. The maximum absolute atomic E-state index is 12.5. The zero-order valence-electron chi connectivity index (χ0n) is 10.3. The highest BCUT2D eigenvalue weighted by molar-refractivity contribution is 7.11. The zero-order chi connectivity index (χ0) is 13.2. The van der Waals surface area contributed by atoms with Crippen LogP contribution in [0.5, 0.6) is 0 Å². The highest BCUT2D eigenvalue weighted by Crippen LogP contribution is 2.39. The number of alkyl halides is 3. The van der Waals surface area contributed by atoms with Gasteiger partial charge in [0.25, 0.3) is 0 Å². The van der Waals surface area contributed by atoms with Crippen molar-refractivity contribution in [1.29, 1.82) is 0 Å². The van der Waals surface area contributed by atoms with E-state index >= 15 is 0 Å². The maximum atomic E-state index is 12.5. The van der Waals surface area contributed by atoms with E-state index in [0.717, 1.165) is 24.3 Å². The molecule has 1 N–H and O–H groups in total. The second kappa shape index (κ2) is 5.57. The molecule has 0 radical (unpaired) electrons. The van der Waals surface area contributed by atoms with Crippen molar-refractivity contribution in [2.75, 3.05) is 6.54 Å². The summed E-state index contributed by atoms with van der Waals surface area (Å²) in [6.45, 7) is 2.73. The molecule has 0 bridgehead atoms. The normalized spacial score (nSPS) is 18.7. The number of thiazole rings is 1. The second-order valence-corrected chi connectivity index (χ2v) is 5.77. The van der Waals surface area contributed by atoms with E-state index in [-0.39, 0.29) is 6.04 Å². The molecule has 1 aromatic rings. The zero-order valence-corrected chi connectivity index (χ0v) is 11.1. The van der Waals surface area contributed by atoms with Gasteiger partial charge < -0.3 is 5.32 Å². The van der Waals surface area contributed by atoms with Crippen molar-refractivity contribution in [2.24, 2.45) is 5.92 Å². The number of hydrogen-bond donors (Lipinski definition) is 1. The van der Waals surface area contributed by atoms with Crippen LogP contribution in [-0.2, 0) is 6.18 Å². The van der Waals surface area contributed by atoms with Crippen LogP contribution in [0.1, 0.15) is 48.5 Å². The Labute approximate surface area is 109 Å². The second-order valence-electron chi connectivity index (χ2n) is 4.71. The molecule has 0 amide bonds. The summed E-state index contributed by atoms with van der Waals surface area (Å²) in [5.41, 5.74) is 0. The molecule has 1 aliphatic rings. The third-order valence-electron chi connectivity index (χ3n) is 3.35. The molecule has 0 aromatic carbocycles. The van der Waals surface area contributed by atoms with Gasteiger partial charge in [-0.05, 0) is 18.9 Å². The van der Waals surface area contributed by atoms with Crippen molar-refractivity contribution < 1.29 is 13.2 Å². The predicted octanol–water partition coefficient (Wildman–Crippen LogP) is 4.00. The lowest BCUT2D eigenvalue weighted by molar-refractivity contribution is -0.137. The Morgan fingerprint density at radius 2 is 2.22 bits per heavy atom. The average Bonchev–Trinajstić information content (AvgIpc) is 2.70. The highest BCUT2D eigenvalue weighted by atomic mass is 32.1. The van der Waals surface area contributed by atoms with E-state index in [4.69, 9.17) is 0 Å². The van der Waals surface area contributed by atoms with Gasteiger partial charge in [-0.25, -0.2) is 4.98 Å². The van der Waals surface area contributed by atoms with Gasteiger partial charge in [-0.2, -0.15) is 13.2 Å². The molecule has 2 rings (SSSR count). The summed E-state index contributed by atoms with van der Waals surface area (Å²) in [6.07, 6.45) is 1.63. The van der Waals surface area contributed by atoms with Crippen LogP contribution in [0.2, 0.25) is 0 Å². The van der Waals surface area contributed by atoms with Crippen LogP contribution in [0.15, 0.2) is 6.20 Å². The molecule has 1 saturated carbocycles. The fourth-order valence-corrected chi connectivity index (χ4v) is 3.06. The molecule has 1 fully saturated rings. The molecule has 102 valence electrons. The van der Waals surface area contributed by atoms with E-state index in [1.54, 1.807) is 0 Å². The smallest absolute Gasteiger partial charge is 0.309 e. The number of aromatic nitrogens is 1. The number of nitrogens with zero attached hydrogens (tertiary/aromatic N) is 1. The van der Waals surface area contributed by atoms with Crippen LogP contribution in [0.25, 0.3) is 0 Å². The first-order valence-electron chi connectivity index (χ1n) is 6.27. The molecule has 6 heteroatoms. The van der Waals surface area contributed by atoms with Crippen molar-refractivity contribution in [2.45, 2.75) is 44.8 Å². The van der Waals surface area contributed by atoms with Crippen LogP contribution < -0.4 is 5.32 Å². The first-order chi connectivity index (χ1) is 8.50. The van der Waals surface area contributed by atoms with Gasteiger partial charge in [-0.1, -0.05) is 26.2 Å². The summed E-state index contributed by atoms with van der Waals surface area (Å²) in [4.78, 5) is 4.20. The van der Waals surface area contributed by atoms with Crippen molar-refractivity contribution in [3.8, 4) is 0 Å². The standard InChI is InChI=1S/C12H17F3N2S/c1-2-16-9(6-8-4-3-5-8)10-7-17-11(18-10)12(13,14)15/h7-9,16H,2-6H2,1H3. The van der Waals surface area contributed by atoms with Gasteiger partial charge in [-0.3, -0.25) is 0 Å². The van der Waals surface area contributed by atoms with Gasteiger partial charge in [0.1, 0.15) is 0 Å². The minimum absolute atomic E-state index is 0.0221. The SMILES string of the molecule is CCNC(CC1CCC1)c1cnc(C(F)(F)F)s1. The van der Waals surface area contributed by atoms with Crippen LogP contribution in [0.3, 0.4) is 0 Å². The fourth-order valence-electron chi connectivity index (χ4n) is 2.19. The molecule has 1 aliphatic carbocycles. The van der Waals surface area contributed by atoms with Crippen molar-refractivity contribution >= 4 is 11.3 Å². The molecule has 0 spiro atoms. The molecule has 2 nitrogen and oxygen atoms in total. The summed E-state index contributed by atoms with van der Waals surface area (Å²) >= 11 is 0.766. The van der Waals surface area contributed by atoms with Gasteiger partial charge in [0.15, 0.2) is 5.01 Å². The molecule has 0 saturated heterocycles. The highest BCUT2D eigenvalue weighted by Gasteiger charge is 2.35. The average molecular weight is 278 g/mol. The van der Waals surface area contributed by atoms with Gasteiger partial charge in [-0.15, -0.1) is 11.3 Å². The van der Waals surface area contributed by atoms with Crippen LogP contribution in [0.4, 0.5) is 13.2 Å². The topological polar surface area (TPSA) is 24.9 Å². The van der Waals surface area contributed by atoms with Crippen molar-refractivity contribution in [3.63, 3.8) is 0 Å². The van der Waals surface area contributed by atoms with Crippen LogP contribution in [0, 0.1) is 5.92 Å². The monoisotopic (exact) mass is 278 g/mol. The number of halogens is 3. The minimum Gasteiger partial charge on any atom is -0.309 e. The maximum Gasteiger partial charge on any atom is 0.443 e. The third kappa shape index (κ3) is 3.23. The molecular formula is C12H17F3N2S. The first-order valence-corrected chi connectivity index (χ1v) is 7.08. The summed E-state index contributed by atoms with van der Waals surface area (Å²) in [5.74, 6) is 0.658. The van der Waals surface area contributed by atoms with Gasteiger partial charge in [0.2, 0.25) is 0 Å². The summed E-state index contributed by atoms with van der Waals surface area (Å²) < 4.78 is 37.6. The predicted molar refractivity (Wildman–Crippen MR) is 65.5 cm³/mol. The Kier molecular flexibility index (Phi) is 4.27. The van der Waals surface area contributed by atoms with E-state index < -0.39 is 11.2 Å². The fraction of sp³-hybridized carbons (Fsp3) is 0.750. The lowest BCUT2D eigenvalue weighted by atomic mass is 9.80. The van der Waals surface area contributed by atoms with E-state index in [1.807, 2.05) is 6.92 Å². The Bertz CT molecular complexity index is 385. The van der Waals surface area contributed by atoms with Gasteiger partial charge >= 0.3 is 6.18 Å².